The van der Waals surface area contributed by atoms with E-state index in [0.29, 0.717) is 17.5 Å². The number of ether oxygens (including phenoxy) is 1. The van der Waals surface area contributed by atoms with Gasteiger partial charge in [0, 0.05) is 12.1 Å². The van der Waals surface area contributed by atoms with Gasteiger partial charge in [-0.05, 0) is 18.2 Å². The Bertz CT molecular complexity index is 469. The minimum Gasteiger partial charge on any atom is -0.383 e. The Kier molecular flexibility index (Phi) is 2.90. The van der Waals surface area contributed by atoms with E-state index in [4.69, 9.17) is 22.1 Å². The molecule has 15 heavy (non-hydrogen) atoms. The van der Waals surface area contributed by atoms with E-state index < -0.39 is 0 Å². The van der Waals surface area contributed by atoms with Gasteiger partial charge in [-0.1, -0.05) is 11.6 Å². The Hall–Kier alpha value is -1.10. The minimum absolute atomic E-state index is 0.235. The van der Waals surface area contributed by atoms with Gasteiger partial charge in [-0.3, -0.25) is 0 Å². The molecular weight excluding hydrogens is 214 g/mol. The number of benzene rings is 1. The van der Waals surface area contributed by atoms with Crippen LogP contribution in [0, 0.1) is 0 Å². The van der Waals surface area contributed by atoms with Crippen LogP contribution in [0.4, 0.5) is 0 Å². The number of imidazole rings is 1. The number of rotatable bonds is 3. The third-order valence-electron chi connectivity index (χ3n) is 2.16. The molecule has 0 aliphatic rings. The first-order valence-corrected chi connectivity index (χ1v) is 4.98. The van der Waals surface area contributed by atoms with Crippen LogP contribution in [0.15, 0.2) is 18.2 Å². The lowest BCUT2D eigenvalue weighted by atomic mass is 10.3. The molecule has 2 aromatic rings. The average Bonchev–Trinajstić information content (AvgIpc) is 2.60. The van der Waals surface area contributed by atoms with Crippen LogP contribution in [0.2, 0.25) is 5.02 Å². The van der Waals surface area contributed by atoms with Crippen molar-refractivity contribution in [3.63, 3.8) is 0 Å². The van der Waals surface area contributed by atoms with Crippen molar-refractivity contribution >= 4 is 22.6 Å². The number of nitrogens with one attached hydrogen (secondary N) is 1. The summed E-state index contributed by atoms with van der Waals surface area (Å²) in [6.45, 7) is 0.438. The van der Waals surface area contributed by atoms with Gasteiger partial charge in [0.1, 0.15) is 5.82 Å². The highest BCUT2D eigenvalue weighted by atomic mass is 35.5. The van der Waals surface area contributed by atoms with Crippen molar-refractivity contribution in [1.82, 2.24) is 9.97 Å². The molecule has 0 unspecified atom stereocenters. The number of methoxy groups -OCH3 is 1. The predicted molar refractivity (Wildman–Crippen MR) is 59.9 cm³/mol. The van der Waals surface area contributed by atoms with Crippen LogP contribution >= 0.6 is 11.6 Å². The second kappa shape index (κ2) is 4.18. The van der Waals surface area contributed by atoms with E-state index in [9.17, 15) is 0 Å². The highest BCUT2D eigenvalue weighted by Crippen LogP contribution is 2.19. The SMILES string of the molecule is COC[C@@H](N)c1nc2ccc(Cl)cc2[nH]1. The summed E-state index contributed by atoms with van der Waals surface area (Å²) in [6, 6.07) is 5.25. The quantitative estimate of drug-likeness (QED) is 0.838. The molecule has 1 atom stereocenters. The number of fused-ring (bicyclic) bond motifs is 1. The molecule has 0 spiro atoms. The summed E-state index contributed by atoms with van der Waals surface area (Å²) in [5.74, 6) is 0.717. The maximum Gasteiger partial charge on any atom is 0.126 e. The molecule has 0 aliphatic heterocycles. The van der Waals surface area contributed by atoms with Crippen molar-refractivity contribution in [2.75, 3.05) is 13.7 Å². The van der Waals surface area contributed by atoms with Crippen LogP contribution in [0.3, 0.4) is 0 Å². The summed E-state index contributed by atoms with van der Waals surface area (Å²) in [6.07, 6.45) is 0. The first kappa shape index (κ1) is 10.4. The Morgan fingerprint density at radius 2 is 2.40 bits per heavy atom. The van der Waals surface area contributed by atoms with Crippen LogP contribution in [0.5, 0.6) is 0 Å². The number of hydrogen-bond acceptors (Lipinski definition) is 3. The van der Waals surface area contributed by atoms with Crippen molar-refractivity contribution in [2.45, 2.75) is 6.04 Å². The fourth-order valence-electron chi connectivity index (χ4n) is 1.44. The monoisotopic (exact) mass is 225 g/mol. The molecule has 0 radical (unpaired) electrons. The van der Waals surface area contributed by atoms with Gasteiger partial charge in [-0.25, -0.2) is 4.98 Å². The van der Waals surface area contributed by atoms with E-state index in [0.717, 1.165) is 11.0 Å². The van der Waals surface area contributed by atoms with Crippen LogP contribution in [-0.4, -0.2) is 23.7 Å². The molecule has 0 bridgehead atoms. The van der Waals surface area contributed by atoms with E-state index >= 15 is 0 Å². The van der Waals surface area contributed by atoms with Crippen LogP contribution < -0.4 is 5.73 Å². The van der Waals surface area contributed by atoms with Crippen molar-refractivity contribution in [1.29, 1.82) is 0 Å². The molecule has 3 N–H and O–H groups in total. The number of H-pyrrole nitrogens is 1. The first-order chi connectivity index (χ1) is 7.20. The summed E-state index contributed by atoms with van der Waals surface area (Å²) in [5, 5.41) is 0.679. The summed E-state index contributed by atoms with van der Waals surface area (Å²) >= 11 is 5.86. The Morgan fingerprint density at radius 3 is 3.13 bits per heavy atom. The first-order valence-electron chi connectivity index (χ1n) is 4.60. The zero-order valence-electron chi connectivity index (χ0n) is 8.33. The molecule has 1 aromatic carbocycles. The maximum absolute atomic E-state index is 5.86. The molecule has 0 amide bonds. The van der Waals surface area contributed by atoms with Crippen molar-refractivity contribution in [3.05, 3.63) is 29.0 Å². The maximum atomic E-state index is 5.86. The molecule has 1 heterocycles. The van der Waals surface area contributed by atoms with Gasteiger partial charge in [0.25, 0.3) is 0 Å². The van der Waals surface area contributed by atoms with E-state index in [1.807, 2.05) is 12.1 Å². The van der Waals surface area contributed by atoms with Crippen molar-refractivity contribution in [3.8, 4) is 0 Å². The second-order valence-electron chi connectivity index (χ2n) is 3.35. The lowest BCUT2D eigenvalue weighted by Crippen LogP contribution is -2.17. The molecular formula is C10H12ClN3O. The highest BCUT2D eigenvalue weighted by Gasteiger charge is 2.10. The third-order valence-corrected chi connectivity index (χ3v) is 2.39. The standard InChI is InChI=1S/C10H12ClN3O/c1-15-5-7(12)10-13-8-3-2-6(11)4-9(8)14-10/h2-4,7H,5,12H2,1H3,(H,13,14)/t7-/m1/s1. The Labute approximate surface area is 92.4 Å². The van der Waals surface area contributed by atoms with Gasteiger partial charge >= 0.3 is 0 Å². The zero-order valence-corrected chi connectivity index (χ0v) is 9.08. The number of nitrogens with zero attached hydrogens (tertiary/aromatic N) is 1. The molecule has 0 saturated carbocycles. The van der Waals surface area contributed by atoms with E-state index in [-0.39, 0.29) is 6.04 Å². The lowest BCUT2D eigenvalue weighted by molar-refractivity contribution is 0.178. The van der Waals surface area contributed by atoms with Crippen LogP contribution in [-0.2, 0) is 4.74 Å². The van der Waals surface area contributed by atoms with Gasteiger partial charge < -0.3 is 15.5 Å². The van der Waals surface area contributed by atoms with Gasteiger partial charge in [-0.2, -0.15) is 0 Å². The summed E-state index contributed by atoms with van der Waals surface area (Å²) < 4.78 is 4.97. The molecule has 0 saturated heterocycles. The fourth-order valence-corrected chi connectivity index (χ4v) is 1.61. The summed E-state index contributed by atoms with van der Waals surface area (Å²) in [7, 11) is 1.61. The average molecular weight is 226 g/mol. The minimum atomic E-state index is -0.235. The smallest absolute Gasteiger partial charge is 0.126 e. The van der Waals surface area contributed by atoms with E-state index in [1.165, 1.54) is 0 Å². The highest BCUT2D eigenvalue weighted by molar-refractivity contribution is 6.31. The van der Waals surface area contributed by atoms with E-state index in [2.05, 4.69) is 9.97 Å². The normalized spacial score (nSPS) is 13.3. The molecule has 80 valence electrons. The third kappa shape index (κ3) is 2.12. The van der Waals surface area contributed by atoms with Crippen molar-refractivity contribution < 1.29 is 4.74 Å². The predicted octanol–water partition coefficient (Wildman–Crippen LogP) is 1.86. The topological polar surface area (TPSA) is 63.9 Å². The molecule has 2 rings (SSSR count). The van der Waals surface area contributed by atoms with Crippen LogP contribution in [0.1, 0.15) is 11.9 Å². The second-order valence-corrected chi connectivity index (χ2v) is 3.78. The Morgan fingerprint density at radius 1 is 1.60 bits per heavy atom. The molecule has 0 aliphatic carbocycles. The largest absolute Gasteiger partial charge is 0.383 e. The van der Waals surface area contributed by atoms with Crippen molar-refractivity contribution in [2.24, 2.45) is 5.73 Å². The summed E-state index contributed by atoms with van der Waals surface area (Å²) in [5.41, 5.74) is 7.61. The van der Waals surface area contributed by atoms with Gasteiger partial charge in [0.05, 0.1) is 23.7 Å². The number of halogens is 1. The zero-order chi connectivity index (χ0) is 10.8. The molecule has 5 heteroatoms. The van der Waals surface area contributed by atoms with Gasteiger partial charge in [-0.15, -0.1) is 0 Å². The Balaban J connectivity index is 2.38. The van der Waals surface area contributed by atoms with Gasteiger partial charge in [0.2, 0.25) is 0 Å². The van der Waals surface area contributed by atoms with Gasteiger partial charge in [0.15, 0.2) is 0 Å². The fraction of sp³-hybridized carbons (Fsp3) is 0.300. The number of nitrogens with two attached hydrogens (primary N) is 1. The van der Waals surface area contributed by atoms with Crippen LogP contribution in [0.25, 0.3) is 11.0 Å². The number of aromatic nitrogens is 2. The van der Waals surface area contributed by atoms with E-state index in [1.54, 1.807) is 13.2 Å². The number of aromatic amines is 1. The number of hydrogen-bond donors (Lipinski definition) is 2. The lowest BCUT2D eigenvalue weighted by Gasteiger charge is -2.05. The molecule has 0 fully saturated rings. The molecule has 1 aromatic heterocycles. The molecule has 4 nitrogen and oxygen atoms in total. The summed E-state index contributed by atoms with van der Waals surface area (Å²) in [4.78, 5) is 7.47.